The average Bonchev–Trinajstić information content (AvgIpc) is 3.16. The summed E-state index contributed by atoms with van der Waals surface area (Å²) in [6.45, 7) is 5.19. The molecule has 2 aliphatic rings. The third-order valence-corrected chi connectivity index (χ3v) is 5.13. The van der Waals surface area contributed by atoms with E-state index in [0.29, 0.717) is 42.1 Å². The van der Waals surface area contributed by atoms with Gasteiger partial charge in [0.1, 0.15) is 0 Å². The molecule has 4 atom stereocenters. The molecule has 0 unspecified atom stereocenters. The molecule has 0 aromatic carbocycles. The Kier molecular flexibility index (Phi) is 8.45. The number of rotatable bonds is 12. The minimum atomic E-state index is -0.247. The van der Waals surface area contributed by atoms with Crippen LogP contribution in [0.1, 0.15) is 51.9 Å². The zero-order valence-corrected chi connectivity index (χ0v) is 15.1. The number of amides is 1. The third kappa shape index (κ3) is 5.69. The first-order chi connectivity index (χ1) is 11.6. The summed E-state index contributed by atoms with van der Waals surface area (Å²) in [7, 11) is 1.36. The van der Waals surface area contributed by atoms with Crippen LogP contribution in [0.2, 0.25) is 0 Å². The molecular weight excluding hydrogens is 310 g/mol. The Morgan fingerprint density at radius 1 is 1.12 bits per heavy atom. The summed E-state index contributed by atoms with van der Waals surface area (Å²) < 4.78 is 17.6. The Labute approximate surface area is 145 Å². The average molecular weight is 343 g/mol. The molecule has 2 rings (SSSR count). The van der Waals surface area contributed by atoms with Crippen molar-refractivity contribution >= 4 is 5.91 Å². The lowest BCUT2D eigenvalue weighted by atomic mass is 9.78. The number of hydrogen-bond donors (Lipinski definition) is 1. The molecule has 0 saturated carbocycles. The van der Waals surface area contributed by atoms with Gasteiger partial charge in [-0.1, -0.05) is 6.92 Å². The van der Waals surface area contributed by atoms with E-state index in [1.54, 1.807) is 0 Å². The normalized spacial score (nSPS) is 28.5. The zero-order chi connectivity index (χ0) is 17.4. The van der Waals surface area contributed by atoms with Gasteiger partial charge >= 0.3 is 0 Å². The molecule has 1 amide bonds. The zero-order valence-electron chi connectivity index (χ0n) is 15.1. The van der Waals surface area contributed by atoms with Gasteiger partial charge in [-0.2, -0.15) is 0 Å². The second kappa shape index (κ2) is 10.3. The molecule has 6 heteroatoms. The lowest BCUT2D eigenvalue weighted by molar-refractivity contribution is -0.159. The van der Waals surface area contributed by atoms with E-state index in [1.165, 1.54) is 13.5 Å². The van der Waals surface area contributed by atoms with Crippen molar-refractivity contribution in [3.63, 3.8) is 0 Å². The molecule has 24 heavy (non-hydrogen) atoms. The number of hydrogen-bond acceptors (Lipinski definition) is 5. The van der Waals surface area contributed by atoms with E-state index in [2.05, 4.69) is 6.92 Å². The van der Waals surface area contributed by atoms with Crippen molar-refractivity contribution in [3.8, 4) is 0 Å². The molecule has 140 valence electrons. The van der Waals surface area contributed by atoms with Crippen LogP contribution in [0.4, 0.5) is 0 Å². The van der Waals surface area contributed by atoms with E-state index >= 15 is 0 Å². The first-order valence-electron chi connectivity index (χ1n) is 9.39. The molecule has 2 bridgehead atoms. The SMILES string of the molecule is CCCOCC[C@@H]1[C@H](COCCCCC(=O)N(C)O)[C@@H]2CC[C@H]1O2. The fourth-order valence-electron chi connectivity index (χ4n) is 3.83. The van der Waals surface area contributed by atoms with Crippen LogP contribution in [-0.2, 0) is 19.0 Å². The summed E-state index contributed by atoms with van der Waals surface area (Å²) in [5, 5.41) is 9.64. The lowest BCUT2D eigenvalue weighted by Gasteiger charge is -2.27. The summed E-state index contributed by atoms with van der Waals surface area (Å²) >= 11 is 0. The summed E-state index contributed by atoms with van der Waals surface area (Å²) in [4.78, 5) is 11.3. The first kappa shape index (κ1) is 19.6. The molecule has 2 saturated heterocycles. The standard InChI is InChI=1S/C18H33NO5/c1-3-10-22-12-9-14-15(17-8-7-16(14)24-17)13-23-11-5-4-6-18(20)19(2)21/h14-17,21H,3-13H2,1-2H3/t14-,15+,16-,17+/m1/s1. The number of fused-ring (bicyclic) bond motifs is 2. The second-order valence-corrected chi connectivity index (χ2v) is 6.97. The van der Waals surface area contributed by atoms with Gasteiger partial charge in [-0.3, -0.25) is 10.0 Å². The van der Waals surface area contributed by atoms with Crippen LogP contribution in [0.25, 0.3) is 0 Å². The number of hydroxylamine groups is 2. The van der Waals surface area contributed by atoms with Crippen LogP contribution in [0, 0.1) is 11.8 Å². The van der Waals surface area contributed by atoms with Gasteiger partial charge in [-0.15, -0.1) is 0 Å². The van der Waals surface area contributed by atoms with Crippen molar-refractivity contribution in [1.82, 2.24) is 5.06 Å². The molecule has 0 aromatic rings. The largest absolute Gasteiger partial charge is 0.381 e. The maximum absolute atomic E-state index is 11.3. The van der Waals surface area contributed by atoms with Crippen molar-refractivity contribution in [3.05, 3.63) is 0 Å². The Bertz CT molecular complexity index is 376. The monoisotopic (exact) mass is 343 g/mol. The van der Waals surface area contributed by atoms with Crippen LogP contribution in [0.3, 0.4) is 0 Å². The Balaban J connectivity index is 1.60. The van der Waals surface area contributed by atoms with Crippen molar-refractivity contribution < 1.29 is 24.2 Å². The maximum Gasteiger partial charge on any atom is 0.245 e. The van der Waals surface area contributed by atoms with Crippen molar-refractivity contribution in [2.45, 2.75) is 64.1 Å². The van der Waals surface area contributed by atoms with Crippen molar-refractivity contribution in [2.24, 2.45) is 11.8 Å². The van der Waals surface area contributed by atoms with Gasteiger partial charge in [0.2, 0.25) is 5.91 Å². The topological polar surface area (TPSA) is 68.2 Å². The fourth-order valence-corrected chi connectivity index (χ4v) is 3.83. The highest BCUT2D eigenvalue weighted by Crippen LogP contribution is 2.45. The van der Waals surface area contributed by atoms with Gasteiger partial charge < -0.3 is 14.2 Å². The van der Waals surface area contributed by atoms with Gasteiger partial charge in [-0.25, -0.2) is 5.06 Å². The molecular formula is C18H33NO5. The molecule has 6 nitrogen and oxygen atoms in total. The van der Waals surface area contributed by atoms with Crippen molar-refractivity contribution in [1.29, 1.82) is 0 Å². The minimum Gasteiger partial charge on any atom is -0.381 e. The third-order valence-electron chi connectivity index (χ3n) is 5.13. The van der Waals surface area contributed by atoms with Crippen LogP contribution in [0.15, 0.2) is 0 Å². The number of ether oxygens (including phenoxy) is 3. The number of nitrogens with zero attached hydrogens (tertiary/aromatic N) is 1. The van der Waals surface area contributed by atoms with Crippen LogP contribution < -0.4 is 0 Å². The number of unbranched alkanes of at least 4 members (excludes halogenated alkanes) is 1. The predicted molar refractivity (Wildman–Crippen MR) is 89.8 cm³/mol. The van der Waals surface area contributed by atoms with Gasteiger partial charge in [0, 0.05) is 39.2 Å². The van der Waals surface area contributed by atoms with Crippen LogP contribution in [-0.4, -0.2) is 61.9 Å². The van der Waals surface area contributed by atoms with E-state index in [-0.39, 0.29) is 5.91 Å². The summed E-state index contributed by atoms with van der Waals surface area (Å²) in [6.07, 6.45) is 7.16. The Morgan fingerprint density at radius 2 is 1.88 bits per heavy atom. The summed E-state index contributed by atoms with van der Waals surface area (Å²) in [5.41, 5.74) is 0. The van der Waals surface area contributed by atoms with E-state index < -0.39 is 0 Å². The highest BCUT2D eigenvalue weighted by atomic mass is 16.5. The van der Waals surface area contributed by atoms with E-state index in [9.17, 15) is 4.79 Å². The van der Waals surface area contributed by atoms with E-state index in [0.717, 1.165) is 51.9 Å². The maximum atomic E-state index is 11.3. The fraction of sp³-hybridized carbons (Fsp3) is 0.944. The van der Waals surface area contributed by atoms with E-state index in [1.807, 2.05) is 0 Å². The van der Waals surface area contributed by atoms with Gasteiger partial charge in [0.05, 0.1) is 18.8 Å². The first-order valence-corrected chi connectivity index (χ1v) is 9.39. The molecule has 2 aliphatic heterocycles. The Hall–Kier alpha value is -0.690. The van der Waals surface area contributed by atoms with Gasteiger partial charge in [-0.05, 0) is 44.4 Å². The summed E-state index contributed by atoms with van der Waals surface area (Å²) in [5.74, 6) is 0.799. The second-order valence-electron chi connectivity index (χ2n) is 6.97. The van der Waals surface area contributed by atoms with Crippen LogP contribution >= 0.6 is 0 Å². The highest BCUT2D eigenvalue weighted by Gasteiger charge is 2.48. The molecule has 0 aromatic heterocycles. The minimum absolute atomic E-state index is 0.247. The highest BCUT2D eigenvalue weighted by molar-refractivity contribution is 5.74. The number of carbonyl (C=O) groups is 1. The van der Waals surface area contributed by atoms with Crippen LogP contribution in [0.5, 0.6) is 0 Å². The molecule has 2 heterocycles. The molecule has 0 radical (unpaired) electrons. The van der Waals surface area contributed by atoms with Gasteiger partial charge in [0.25, 0.3) is 0 Å². The molecule has 0 spiro atoms. The van der Waals surface area contributed by atoms with Crippen molar-refractivity contribution in [2.75, 3.05) is 33.5 Å². The molecule has 2 fully saturated rings. The summed E-state index contributed by atoms with van der Waals surface area (Å²) in [6, 6.07) is 0. The smallest absolute Gasteiger partial charge is 0.245 e. The quantitative estimate of drug-likeness (QED) is 0.335. The number of carbonyl (C=O) groups excluding carboxylic acids is 1. The van der Waals surface area contributed by atoms with E-state index in [4.69, 9.17) is 19.4 Å². The van der Waals surface area contributed by atoms with Gasteiger partial charge in [0.15, 0.2) is 0 Å². The predicted octanol–water partition coefficient (Wildman–Crippen LogP) is 2.63. The lowest BCUT2D eigenvalue weighted by Crippen LogP contribution is -2.32. The molecule has 0 aliphatic carbocycles. The Morgan fingerprint density at radius 3 is 2.58 bits per heavy atom. The molecule has 1 N–H and O–H groups in total.